The number of carbonyl (C=O) groups is 5. The van der Waals surface area contributed by atoms with E-state index in [9.17, 15) is 45.6 Å². The minimum Gasteiger partial charge on any atom is -0.462 e. The lowest BCUT2D eigenvalue weighted by atomic mass is 9.44. The molecule has 0 radical (unpaired) electrons. The standard InChI is InChI=1S/C29H39F3O10S/c1-15(4-7-23(36)41-10-11-42-26(37)29(31,32)25(30)43(38,39)40)18-5-6-19-24-20(14-22(35)28(18,19)3)27(2)9-8-17(33)12-16(27)13-21(24)34/h15-16,18-20,24-25H,4-14H2,1-3H3,(H,38,39,40)/t15-,16+,18-,19+,20+,24+,25?,27+,28-/m1/s1. The van der Waals surface area contributed by atoms with Crippen LogP contribution in [0.25, 0.3) is 0 Å². The molecule has 4 aliphatic carbocycles. The van der Waals surface area contributed by atoms with Gasteiger partial charge in [0.05, 0.1) is 0 Å². The van der Waals surface area contributed by atoms with Crippen molar-refractivity contribution in [3.63, 3.8) is 0 Å². The van der Waals surface area contributed by atoms with E-state index < -0.39 is 52.1 Å². The number of Topliss-reactive ketones (excluding diaryl/α,β-unsaturated/α-hetero) is 3. The first-order chi connectivity index (χ1) is 19.8. The van der Waals surface area contributed by atoms with Gasteiger partial charge in [-0.25, -0.2) is 9.18 Å². The predicted molar refractivity (Wildman–Crippen MR) is 143 cm³/mol. The van der Waals surface area contributed by atoms with Crippen molar-refractivity contribution in [3.8, 4) is 0 Å². The van der Waals surface area contributed by atoms with Crippen LogP contribution < -0.4 is 0 Å². The molecule has 0 saturated heterocycles. The number of esters is 2. The van der Waals surface area contributed by atoms with Crippen LogP contribution in [0.1, 0.15) is 78.6 Å². The number of alkyl halides is 3. The van der Waals surface area contributed by atoms with Gasteiger partial charge < -0.3 is 9.47 Å². The zero-order valence-electron chi connectivity index (χ0n) is 24.5. The fraction of sp³-hybridized carbons (Fsp3) is 0.828. The van der Waals surface area contributed by atoms with Crippen LogP contribution in [0.4, 0.5) is 13.2 Å². The number of carbonyl (C=O) groups excluding carboxylic acids is 5. The van der Waals surface area contributed by atoms with Gasteiger partial charge in [-0.15, -0.1) is 0 Å². The largest absolute Gasteiger partial charge is 0.462 e. The molecule has 4 rings (SSSR count). The maximum absolute atomic E-state index is 13.9. The highest BCUT2D eigenvalue weighted by atomic mass is 32.2. The lowest BCUT2D eigenvalue weighted by Crippen LogP contribution is -2.60. The average molecular weight is 637 g/mol. The van der Waals surface area contributed by atoms with Gasteiger partial charge in [0.1, 0.15) is 30.6 Å². The smallest absolute Gasteiger partial charge is 0.389 e. The Hall–Kier alpha value is -2.35. The van der Waals surface area contributed by atoms with E-state index >= 15 is 0 Å². The predicted octanol–water partition coefficient (Wildman–Crippen LogP) is 3.89. The van der Waals surface area contributed by atoms with Crippen LogP contribution in [0, 0.1) is 46.3 Å². The van der Waals surface area contributed by atoms with E-state index in [0.29, 0.717) is 38.5 Å². The fourth-order valence-electron chi connectivity index (χ4n) is 8.67. The van der Waals surface area contributed by atoms with Gasteiger partial charge in [-0.2, -0.15) is 17.2 Å². The Morgan fingerprint density at radius 1 is 1.05 bits per heavy atom. The van der Waals surface area contributed by atoms with Gasteiger partial charge in [0.2, 0.25) is 0 Å². The number of halogens is 3. The van der Waals surface area contributed by atoms with Crippen molar-refractivity contribution in [1.29, 1.82) is 0 Å². The van der Waals surface area contributed by atoms with Crippen molar-refractivity contribution < 1.29 is 59.6 Å². The third-order valence-corrected chi connectivity index (χ3v) is 11.9. The second-order valence-corrected chi connectivity index (χ2v) is 14.7. The first kappa shape index (κ1) is 33.5. The fourth-order valence-corrected chi connectivity index (χ4v) is 9.14. The molecule has 0 bridgehead atoms. The molecule has 0 aromatic heterocycles. The topological polar surface area (TPSA) is 158 Å². The minimum absolute atomic E-state index is 0.0147. The van der Waals surface area contributed by atoms with Gasteiger partial charge >= 0.3 is 28.0 Å². The van der Waals surface area contributed by atoms with E-state index in [1.54, 1.807) is 0 Å². The quantitative estimate of drug-likeness (QED) is 0.212. The lowest BCUT2D eigenvalue weighted by Gasteiger charge is -2.58. The molecule has 4 saturated carbocycles. The molecule has 14 heteroatoms. The van der Waals surface area contributed by atoms with Gasteiger partial charge in [0.15, 0.2) is 0 Å². The molecule has 0 spiro atoms. The number of fused-ring (bicyclic) bond motifs is 5. The summed E-state index contributed by atoms with van der Waals surface area (Å²) in [4.78, 5) is 63.1. The summed E-state index contributed by atoms with van der Waals surface area (Å²) < 4.78 is 78.7. The molecule has 0 amide bonds. The summed E-state index contributed by atoms with van der Waals surface area (Å²) in [6.45, 7) is 4.49. The molecule has 10 nitrogen and oxygen atoms in total. The highest BCUT2D eigenvalue weighted by Crippen LogP contribution is 2.66. The Balaban J connectivity index is 1.30. The maximum atomic E-state index is 13.9. The van der Waals surface area contributed by atoms with Gasteiger partial charge in [0.25, 0.3) is 5.50 Å². The highest BCUT2D eigenvalue weighted by molar-refractivity contribution is 7.86. The SMILES string of the molecule is C[C@H](CCC(=O)OCCOC(=O)C(F)(F)C(F)S(=O)(=O)O)[C@H]1CC[C@H]2[C@@H]3C(=O)C[C@@H]4CC(=O)CC[C@]4(C)[C@H]3CC(=O)[C@]12C. The number of hydrogen-bond acceptors (Lipinski definition) is 9. The third-order valence-electron chi connectivity index (χ3n) is 11.1. The molecule has 0 heterocycles. The Morgan fingerprint density at radius 3 is 2.35 bits per heavy atom. The van der Waals surface area contributed by atoms with E-state index in [0.717, 1.165) is 12.8 Å². The summed E-state index contributed by atoms with van der Waals surface area (Å²) in [6, 6.07) is 0. The van der Waals surface area contributed by atoms with Crippen LogP contribution in [0.5, 0.6) is 0 Å². The Labute approximate surface area is 248 Å². The Bertz CT molecular complexity index is 1280. The summed E-state index contributed by atoms with van der Waals surface area (Å²) in [5, 5.41) is 0. The molecule has 0 aromatic carbocycles. The number of hydrogen-bond donors (Lipinski definition) is 1. The van der Waals surface area contributed by atoms with Crippen LogP contribution in [0.3, 0.4) is 0 Å². The molecule has 0 aliphatic heterocycles. The first-order valence-corrected chi connectivity index (χ1v) is 16.2. The molecular weight excluding hydrogens is 597 g/mol. The van der Waals surface area contributed by atoms with E-state index in [-0.39, 0.29) is 64.7 Å². The normalized spacial score (nSPS) is 35.8. The third kappa shape index (κ3) is 6.02. The zero-order chi connectivity index (χ0) is 32.1. The van der Waals surface area contributed by atoms with Crippen molar-refractivity contribution in [3.05, 3.63) is 0 Å². The molecular formula is C29H39F3O10S. The summed E-state index contributed by atoms with van der Waals surface area (Å²) in [5.74, 6) is -8.51. The first-order valence-electron chi connectivity index (χ1n) is 14.7. The van der Waals surface area contributed by atoms with Crippen molar-refractivity contribution >= 4 is 39.4 Å². The van der Waals surface area contributed by atoms with Crippen molar-refractivity contribution in [2.75, 3.05) is 13.2 Å². The maximum Gasteiger partial charge on any atom is 0.389 e. The molecule has 43 heavy (non-hydrogen) atoms. The zero-order valence-corrected chi connectivity index (χ0v) is 25.3. The molecule has 4 aliphatic rings. The molecule has 1 unspecified atom stereocenters. The lowest BCUT2D eigenvalue weighted by molar-refractivity contribution is -0.179. The molecule has 0 aromatic rings. The number of ether oxygens (including phenoxy) is 2. The summed E-state index contributed by atoms with van der Waals surface area (Å²) in [5.41, 5.74) is -5.14. The van der Waals surface area contributed by atoms with Crippen LogP contribution >= 0.6 is 0 Å². The summed E-state index contributed by atoms with van der Waals surface area (Å²) in [6.07, 6.45) is 3.98. The van der Waals surface area contributed by atoms with Crippen LogP contribution in [-0.2, 0) is 43.6 Å². The number of rotatable bonds is 10. The highest BCUT2D eigenvalue weighted by Gasteiger charge is 2.66. The van der Waals surface area contributed by atoms with Crippen molar-refractivity contribution in [1.82, 2.24) is 0 Å². The monoisotopic (exact) mass is 636 g/mol. The second-order valence-electron chi connectivity index (χ2n) is 13.3. The van der Waals surface area contributed by atoms with Crippen molar-refractivity contribution in [2.24, 2.45) is 46.3 Å². The molecule has 1 N–H and O–H groups in total. The van der Waals surface area contributed by atoms with Crippen LogP contribution in [-0.4, -0.2) is 66.9 Å². The van der Waals surface area contributed by atoms with Crippen molar-refractivity contribution in [2.45, 2.75) is 90.0 Å². The van der Waals surface area contributed by atoms with Gasteiger partial charge in [-0.05, 0) is 60.7 Å². The van der Waals surface area contributed by atoms with Gasteiger partial charge in [0, 0.05) is 43.4 Å². The van der Waals surface area contributed by atoms with Crippen LogP contribution in [0.15, 0.2) is 0 Å². The number of ketones is 3. The molecule has 9 atom stereocenters. The summed E-state index contributed by atoms with van der Waals surface area (Å²) >= 11 is 0. The van der Waals surface area contributed by atoms with E-state index in [1.165, 1.54) is 0 Å². The summed E-state index contributed by atoms with van der Waals surface area (Å²) in [7, 11) is -5.86. The van der Waals surface area contributed by atoms with Crippen LogP contribution in [0.2, 0.25) is 0 Å². The average Bonchev–Trinajstić information content (AvgIpc) is 3.28. The van der Waals surface area contributed by atoms with E-state index in [2.05, 4.69) is 11.7 Å². The Morgan fingerprint density at radius 2 is 1.70 bits per heavy atom. The van der Waals surface area contributed by atoms with Gasteiger partial charge in [-0.3, -0.25) is 23.7 Å². The second kappa shape index (κ2) is 11.9. The molecule has 4 fully saturated rings. The minimum atomic E-state index is -5.86. The Kier molecular flexibility index (Phi) is 9.26. The van der Waals surface area contributed by atoms with E-state index in [1.807, 2.05) is 13.8 Å². The molecule has 242 valence electrons. The van der Waals surface area contributed by atoms with Gasteiger partial charge in [-0.1, -0.05) is 20.8 Å². The van der Waals surface area contributed by atoms with E-state index in [4.69, 9.17) is 9.29 Å².